The predicted octanol–water partition coefficient (Wildman–Crippen LogP) is 4.43. The number of nitrogens with zero attached hydrogens (tertiary/aromatic N) is 2. The minimum Gasteiger partial charge on any atom is -0.493 e. The van der Waals surface area contributed by atoms with Crippen LogP contribution in [-0.2, 0) is 33.7 Å². The van der Waals surface area contributed by atoms with E-state index in [2.05, 4.69) is 0 Å². The van der Waals surface area contributed by atoms with Gasteiger partial charge in [0.1, 0.15) is 11.5 Å². The number of amides is 2. The van der Waals surface area contributed by atoms with Crippen LogP contribution in [0.2, 0.25) is 0 Å². The molecule has 2 aromatic carbocycles. The molecule has 8 heteroatoms. The number of methoxy groups -OCH3 is 2. The maximum atomic E-state index is 13.7. The molecule has 0 radical (unpaired) electrons. The minimum absolute atomic E-state index is 0.0167. The zero-order valence-electron chi connectivity index (χ0n) is 23.1. The van der Waals surface area contributed by atoms with Crippen LogP contribution < -0.4 is 9.47 Å². The highest BCUT2D eigenvalue weighted by atomic mass is 16.5. The van der Waals surface area contributed by atoms with Gasteiger partial charge in [0.15, 0.2) is 11.5 Å². The molecule has 0 saturated carbocycles. The van der Waals surface area contributed by atoms with E-state index >= 15 is 0 Å². The van der Waals surface area contributed by atoms with Crippen LogP contribution >= 0.6 is 0 Å². The Morgan fingerprint density at radius 3 is 2.38 bits per heavy atom. The number of hydrogen-bond donors (Lipinski definition) is 0. The number of hydrogen-bond acceptors (Lipinski definition) is 6. The van der Waals surface area contributed by atoms with Crippen LogP contribution in [-0.4, -0.2) is 68.2 Å². The van der Waals surface area contributed by atoms with Crippen molar-refractivity contribution in [1.29, 1.82) is 0 Å². The van der Waals surface area contributed by atoms with Gasteiger partial charge in [0.2, 0.25) is 11.8 Å². The molecule has 8 nitrogen and oxygen atoms in total. The molecule has 2 heterocycles. The molecule has 0 aliphatic carbocycles. The summed E-state index contributed by atoms with van der Waals surface area (Å²) in [5.41, 5.74) is 1.93. The van der Waals surface area contributed by atoms with Crippen molar-refractivity contribution in [3.8, 4) is 11.5 Å². The standard InChI is InChI=1S/C31H38N2O6/c1-23-11-13-27(39-23)21-32(16-15-25-12-14-28(36-2)29(18-25)37-3)31(35)22-33(20-26-10-7-17-38-26)30(34)19-24-8-5-4-6-9-24/h4-6,8-9,11-14,18,26H,7,10,15-17,19-22H2,1-3H3. The molecule has 0 bridgehead atoms. The predicted molar refractivity (Wildman–Crippen MR) is 148 cm³/mol. The Balaban J connectivity index is 1.50. The summed E-state index contributed by atoms with van der Waals surface area (Å²) in [5.74, 6) is 2.57. The second-order valence-electron chi connectivity index (χ2n) is 9.84. The molecule has 1 aromatic heterocycles. The van der Waals surface area contributed by atoms with Crippen molar-refractivity contribution in [1.82, 2.24) is 9.80 Å². The fourth-order valence-corrected chi connectivity index (χ4v) is 4.78. The van der Waals surface area contributed by atoms with Crippen LogP contribution in [0.3, 0.4) is 0 Å². The van der Waals surface area contributed by atoms with Crippen molar-refractivity contribution >= 4 is 11.8 Å². The number of carbonyl (C=O) groups is 2. The third-order valence-electron chi connectivity index (χ3n) is 6.94. The molecule has 2 amide bonds. The molecule has 3 aromatic rings. The lowest BCUT2D eigenvalue weighted by atomic mass is 10.1. The summed E-state index contributed by atoms with van der Waals surface area (Å²) in [6.45, 7) is 3.73. The lowest BCUT2D eigenvalue weighted by Crippen LogP contribution is -2.46. The molecule has 1 fully saturated rings. The first-order chi connectivity index (χ1) is 18.9. The van der Waals surface area contributed by atoms with Gasteiger partial charge in [-0.15, -0.1) is 0 Å². The van der Waals surface area contributed by atoms with E-state index in [-0.39, 0.29) is 30.9 Å². The molecule has 1 aliphatic heterocycles. The molecule has 1 aliphatic rings. The van der Waals surface area contributed by atoms with Crippen molar-refractivity contribution in [2.24, 2.45) is 0 Å². The van der Waals surface area contributed by atoms with E-state index in [1.54, 1.807) is 24.0 Å². The minimum atomic E-state index is -0.135. The van der Waals surface area contributed by atoms with Crippen molar-refractivity contribution in [3.05, 3.63) is 83.3 Å². The molecule has 1 saturated heterocycles. The van der Waals surface area contributed by atoms with E-state index in [0.29, 0.717) is 49.9 Å². The van der Waals surface area contributed by atoms with Crippen LogP contribution in [0.4, 0.5) is 0 Å². The Morgan fingerprint density at radius 2 is 1.72 bits per heavy atom. The molecule has 4 rings (SSSR count). The van der Waals surface area contributed by atoms with E-state index in [9.17, 15) is 9.59 Å². The third-order valence-corrected chi connectivity index (χ3v) is 6.94. The molecule has 1 atom stereocenters. The molecule has 0 N–H and O–H groups in total. The van der Waals surface area contributed by atoms with E-state index in [1.807, 2.05) is 67.6 Å². The molecule has 208 valence electrons. The first-order valence-electron chi connectivity index (χ1n) is 13.4. The van der Waals surface area contributed by atoms with E-state index in [1.165, 1.54) is 0 Å². The van der Waals surface area contributed by atoms with Crippen LogP contribution in [0.1, 0.15) is 35.5 Å². The van der Waals surface area contributed by atoms with E-state index in [4.69, 9.17) is 18.6 Å². The van der Waals surface area contributed by atoms with Crippen LogP contribution in [0.5, 0.6) is 11.5 Å². The van der Waals surface area contributed by atoms with Crippen LogP contribution in [0.25, 0.3) is 0 Å². The summed E-state index contributed by atoms with van der Waals surface area (Å²) in [5, 5.41) is 0. The van der Waals surface area contributed by atoms with Crippen molar-refractivity contribution < 1.29 is 28.2 Å². The Morgan fingerprint density at radius 1 is 0.923 bits per heavy atom. The fourth-order valence-electron chi connectivity index (χ4n) is 4.78. The second kappa shape index (κ2) is 13.8. The summed E-state index contributed by atoms with van der Waals surface area (Å²) >= 11 is 0. The van der Waals surface area contributed by atoms with Gasteiger partial charge < -0.3 is 28.4 Å². The largest absolute Gasteiger partial charge is 0.493 e. The van der Waals surface area contributed by atoms with Gasteiger partial charge >= 0.3 is 0 Å². The van der Waals surface area contributed by atoms with E-state index < -0.39 is 0 Å². The molecular weight excluding hydrogens is 496 g/mol. The van der Waals surface area contributed by atoms with Gasteiger partial charge in [-0.2, -0.15) is 0 Å². The lowest BCUT2D eigenvalue weighted by molar-refractivity contribution is -0.141. The monoisotopic (exact) mass is 534 g/mol. The zero-order valence-corrected chi connectivity index (χ0v) is 23.1. The summed E-state index contributed by atoms with van der Waals surface area (Å²) in [6.07, 6.45) is 2.65. The summed E-state index contributed by atoms with van der Waals surface area (Å²) in [4.78, 5) is 30.5. The molecule has 39 heavy (non-hydrogen) atoms. The van der Waals surface area contributed by atoms with Gasteiger partial charge in [0.25, 0.3) is 0 Å². The highest BCUT2D eigenvalue weighted by Gasteiger charge is 2.27. The Hall–Kier alpha value is -3.78. The summed E-state index contributed by atoms with van der Waals surface area (Å²) in [6, 6.07) is 19.1. The quantitative estimate of drug-likeness (QED) is 0.323. The highest BCUT2D eigenvalue weighted by molar-refractivity contribution is 5.86. The van der Waals surface area contributed by atoms with Gasteiger partial charge in [-0.3, -0.25) is 9.59 Å². The summed E-state index contributed by atoms with van der Waals surface area (Å²) in [7, 11) is 3.20. The number of furan rings is 1. The Labute approximate surface area is 230 Å². The highest BCUT2D eigenvalue weighted by Crippen LogP contribution is 2.28. The van der Waals surface area contributed by atoms with Crippen molar-refractivity contribution in [2.75, 3.05) is 40.5 Å². The maximum absolute atomic E-state index is 13.7. The van der Waals surface area contributed by atoms with Gasteiger partial charge in [-0.25, -0.2) is 0 Å². The molecule has 1 unspecified atom stereocenters. The molecule has 0 spiro atoms. The topological polar surface area (TPSA) is 81.5 Å². The number of rotatable bonds is 13. The van der Waals surface area contributed by atoms with E-state index in [0.717, 1.165) is 29.7 Å². The number of carbonyl (C=O) groups excluding carboxylic acids is 2. The van der Waals surface area contributed by atoms with Crippen LogP contribution in [0.15, 0.2) is 65.1 Å². The van der Waals surface area contributed by atoms with Crippen molar-refractivity contribution in [3.63, 3.8) is 0 Å². The second-order valence-corrected chi connectivity index (χ2v) is 9.84. The van der Waals surface area contributed by atoms with Gasteiger partial charge in [-0.1, -0.05) is 36.4 Å². The fraction of sp³-hybridized carbons (Fsp3) is 0.419. The van der Waals surface area contributed by atoms with Crippen molar-refractivity contribution in [2.45, 2.75) is 45.3 Å². The number of benzene rings is 2. The van der Waals surface area contributed by atoms with Gasteiger partial charge in [0, 0.05) is 19.7 Å². The van der Waals surface area contributed by atoms with Gasteiger partial charge in [0.05, 0.1) is 39.8 Å². The average Bonchev–Trinajstić information content (AvgIpc) is 3.62. The molecular formula is C31H38N2O6. The smallest absolute Gasteiger partial charge is 0.242 e. The first kappa shape index (κ1) is 28.2. The lowest BCUT2D eigenvalue weighted by Gasteiger charge is -2.29. The number of ether oxygens (including phenoxy) is 3. The Kier molecular flexibility index (Phi) is 10.0. The SMILES string of the molecule is COc1ccc(CCN(Cc2ccc(C)o2)C(=O)CN(CC2CCCO2)C(=O)Cc2ccccc2)cc1OC. The third kappa shape index (κ3) is 8.10. The normalized spacial score (nSPS) is 14.7. The maximum Gasteiger partial charge on any atom is 0.242 e. The van der Waals surface area contributed by atoms with Crippen LogP contribution in [0, 0.1) is 6.92 Å². The zero-order chi connectivity index (χ0) is 27.6. The summed E-state index contributed by atoms with van der Waals surface area (Å²) < 4.78 is 22.4. The van der Waals surface area contributed by atoms with Gasteiger partial charge in [-0.05, 0) is 61.6 Å². The Bertz CT molecular complexity index is 1220. The average molecular weight is 535 g/mol. The number of aryl methyl sites for hydroxylation is 1. The first-order valence-corrected chi connectivity index (χ1v) is 13.4.